The fourth-order valence-corrected chi connectivity index (χ4v) is 4.20. The van der Waals surface area contributed by atoms with E-state index in [4.69, 9.17) is 0 Å². The second-order valence-electron chi connectivity index (χ2n) is 9.11. The van der Waals surface area contributed by atoms with Crippen molar-refractivity contribution in [3.05, 3.63) is 90.5 Å². The van der Waals surface area contributed by atoms with Gasteiger partial charge in [-0.25, -0.2) is 4.98 Å². The first-order valence-corrected chi connectivity index (χ1v) is 12.2. The summed E-state index contributed by atoms with van der Waals surface area (Å²) in [4.78, 5) is 34.6. The highest BCUT2D eigenvalue weighted by Crippen LogP contribution is 2.30. The van der Waals surface area contributed by atoms with Gasteiger partial charge in [0.2, 0.25) is 5.91 Å². The van der Waals surface area contributed by atoms with Gasteiger partial charge in [0, 0.05) is 65.9 Å². The van der Waals surface area contributed by atoms with Crippen LogP contribution in [0.5, 0.6) is 0 Å². The van der Waals surface area contributed by atoms with E-state index in [0.717, 1.165) is 33.4 Å². The number of benzene rings is 1. The van der Waals surface area contributed by atoms with Gasteiger partial charge in [-0.2, -0.15) is 14.8 Å². The Bertz CT molecular complexity index is 1630. The second-order valence-corrected chi connectivity index (χ2v) is 9.11. The molecule has 0 radical (unpaired) electrons. The number of carbonyl (C=O) groups is 2. The van der Waals surface area contributed by atoms with E-state index >= 15 is 0 Å². The Kier molecular flexibility index (Phi) is 7.23. The van der Waals surface area contributed by atoms with Gasteiger partial charge >= 0.3 is 0 Å². The molecule has 0 saturated carbocycles. The number of aromatic amines is 1. The zero-order valence-corrected chi connectivity index (χ0v) is 21.2. The maximum Gasteiger partial charge on any atom is 0.251 e. The summed E-state index contributed by atoms with van der Waals surface area (Å²) >= 11 is 0. The van der Waals surface area contributed by atoms with E-state index in [2.05, 4.69) is 36.9 Å². The van der Waals surface area contributed by atoms with Crippen LogP contribution in [0.2, 0.25) is 0 Å². The molecular weight excluding hydrogens is 480 g/mol. The Morgan fingerprint density at radius 1 is 1.05 bits per heavy atom. The Hall–Kier alpha value is -4.83. The zero-order chi connectivity index (χ0) is 26.5. The lowest BCUT2D eigenvalue weighted by Crippen LogP contribution is -2.25. The molecule has 2 amide bonds. The first-order chi connectivity index (χ1) is 18.5. The van der Waals surface area contributed by atoms with Gasteiger partial charge in [-0.3, -0.25) is 9.59 Å². The van der Waals surface area contributed by atoms with E-state index in [1.165, 1.54) is 6.08 Å². The molecule has 3 N–H and O–H groups in total. The molecular formula is C28H28N8O2. The SMILES string of the molecule is CN(C)CC=CC(=O)Nc1cccc(C(=O)NCCc2cc3c(-c4cnn5ncccc45)ccnc3[nH]2)c1. The summed E-state index contributed by atoms with van der Waals surface area (Å²) in [6, 6.07) is 14.8. The van der Waals surface area contributed by atoms with E-state index in [-0.39, 0.29) is 11.8 Å². The number of rotatable bonds is 9. The van der Waals surface area contributed by atoms with Gasteiger partial charge < -0.3 is 20.5 Å². The van der Waals surface area contributed by atoms with E-state index in [0.29, 0.717) is 30.8 Å². The normalized spacial score (nSPS) is 11.6. The van der Waals surface area contributed by atoms with Crippen LogP contribution in [0.25, 0.3) is 27.7 Å². The lowest BCUT2D eigenvalue weighted by molar-refractivity contribution is -0.111. The number of nitrogens with zero attached hydrogens (tertiary/aromatic N) is 5. The van der Waals surface area contributed by atoms with Crippen molar-refractivity contribution in [1.29, 1.82) is 0 Å². The largest absolute Gasteiger partial charge is 0.352 e. The number of likely N-dealkylation sites (N-methyl/N-ethyl adjacent to an activating group) is 1. The Balaban J connectivity index is 1.22. The number of aromatic nitrogens is 5. The van der Waals surface area contributed by atoms with Crippen LogP contribution in [-0.4, -0.2) is 68.7 Å². The third-order valence-corrected chi connectivity index (χ3v) is 5.99. The maximum atomic E-state index is 12.7. The summed E-state index contributed by atoms with van der Waals surface area (Å²) in [5.41, 5.74) is 5.68. The molecule has 4 heterocycles. The monoisotopic (exact) mass is 508 g/mol. The molecule has 192 valence electrons. The number of amides is 2. The van der Waals surface area contributed by atoms with E-state index < -0.39 is 0 Å². The molecule has 0 bridgehead atoms. The van der Waals surface area contributed by atoms with Gasteiger partial charge in [-0.15, -0.1) is 0 Å². The van der Waals surface area contributed by atoms with Crippen LogP contribution in [0.15, 0.2) is 79.3 Å². The minimum absolute atomic E-state index is 0.210. The molecule has 0 fully saturated rings. The molecule has 10 nitrogen and oxygen atoms in total. The third-order valence-electron chi connectivity index (χ3n) is 5.99. The highest BCUT2D eigenvalue weighted by Gasteiger charge is 2.13. The molecule has 38 heavy (non-hydrogen) atoms. The maximum absolute atomic E-state index is 12.7. The zero-order valence-electron chi connectivity index (χ0n) is 21.2. The minimum atomic E-state index is -0.239. The van der Waals surface area contributed by atoms with E-state index in [1.807, 2.05) is 37.2 Å². The van der Waals surface area contributed by atoms with Crippen molar-refractivity contribution in [3.63, 3.8) is 0 Å². The van der Waals surface area contributed by atoms with Crippen molar-refractivity contribution >= 4 is 34.1 Å². The molecule has 5 rings (SSSR count). The number of carbonyl (C=O) groups excluding carboxylic acids is 2. The summed E-state index contributed by atoms with van der Waals surface area (Å²) in [6.45, 7) is 1.10. The molecule has 4 aromatic heterocycles. The van der Waals surface area contributed by atoms with Crippen molar-refractivity contribution in [3.8, 4) is 11.1 Å². The molecule has 1 aromatic carbocycles. The number of anilines is 1. The lowest BCUT2D eigenvalue weighted by atomic mass is 10.1. The molecule has 0 unspecified atom stereocenters. The highest BCUT2D eigenvalue weighted by atomic mass is 16.2. The smallest absolute Gasteiger partial charge is 0.251 e. The lowest BCUT2D eigenvalue weighted by Gasteiger charge is -2.07. The van der Waals surface area contributed by atoms with Crippen molar-refractivity contribution in [2.75, 3.05) is 32.5 Å². The Morgan fingerprint density at radius 3 is 2.82 bits per heavy atom. The molecule has 0 saturated heterocycles. The number of pyridine rings is 1. The fourth-order valence-electron chi connectivity index (χ4n) is 4.20. The minimum Gasteiger partial charge on any atom is -0.352 e. The standard InChI is InChI=1S/C28H28N8O2/c1-35(2)15-5-9-26(37)33-20-7-3-6-19(16-20)28(38)30-13-10-21-17-23-22(11-14-29-27(23)34-21)24-18-32-36-25(24)8-4-12-31-36/h3-9,11-12,14,16-18H,10,13,15H2,1-2H3,(H,29,34)(H,30,38)(H,33,37). The summed E-state index contributed by atoms with van der Waals surface area (Å²) < 4.78 is 1.60. The van der Waals surface area contributed by atoms with Gasteiger partial charge in [-0.1, -0.05) is 12.1 Å². The number of hydrogen-bond acceptors (Lipinski definition) is 6. The van der Waals surface area contributed by atoms with Gasteiger partial charge in [0.05, 0.1) is 11.7 Å². The Morgan fingerprint density at radius 2 is 1.95 bits per heavy atom. The molecule has 10 heteroatoms. The third kappa shape index (κ3) is 5.60. The number of fused-ring (bicyclic) bond motifs is 2. The van der Waals surface area contributed by atoms with Gasteiger partial charge in [0.1, 0.15) is 5.65 Å². The van der Waals surface area contributed by atoms with E-state index in [1.54, 1.807) is 53.6 Å². The van der Waals surface area contributed by atoms with Crippen molar-refractivity contribution in [1.82, 2.24) is 35.0 Å². The second kappa shape index (κ2) is 11.1. The van der Waals surface area contributed by atoms with Crippen LogP contribution in [0.4, 0.5) is 5.69 Å². The average Bonchev–Trinajstić information content (AvgIpc) is 3.52. The summed E-state index contributed by atoms with van der Waals surface area (Å²) in [5, 5.41) is 15.3. The molecule has 0 aliphatic heterocycles. The predicted molar refractivity (Wildman–Crippen MR) is 147 cm³/mol. The molecule has 0 spiro atoms. The first-order valence-electron chi connectivity index (χ1n) is 12.2. The van der Waals surface area contributed by atoms with Crippen LogP contribution in [0.1, 0.15) is 16.1 Å². The average molecular weight is 509 g/mol. The molecule has 0 aliphatic rings. The van der Waals surface area contributed by atoms with Crippen LogP contribution in [0.3, 0.4) is 0 Å². The highest BCUT2D eigenvalue weighted by molar-refractivity contribution is 6.01. The fraction of sp³-hybridized carbons (Fsp3) is 0.179. The quantitative estimate of drug-likeness (QED) is 0.263. The summed E-state index contributed by atoms with van der Waals surface area (Å²) in [7, 11) is 3.86. The Labute approximate surface area is 219 Å². The van der Waals surface area contributed by atoms with Crippen molar-refractivity contribution in [2.24, 2.45) is 0 Å². The van der Waals surface area contributed by atoms with Crippen LogP contribution < -0.4 is 10.6 Å². The molecule has 0 aliphatic carbocycles. The van der Waals surface area contributed by atoms with Crippen LogP contribution >= 0.6 is 0 Å². The number of nitrogens with one attached hydrogen (secondary N) is 3. The van der Waals surface area contributed by atoms with Gasteiger partial charge in [-0.05, 0) is 62.1 Å². The predicted octanol–water partition coefficient (Wildman–Crippen LogP) is 3.30. The summed E-state index contributed by atoms with van der Waals surface area (Å²) in [6.07, 6.45) is 9.14. The number of hydrogen-bond donors (Lipinski definition) is 3. The molecule has 0 atom stereocenters. The van der Waals surface area contributed by atoms with Crippen molar-refractivity contribution in [2.45, 2.75) is 6.42 Å². The van der Waals surface area contributed by atoms with Crippen LogP contribution in [0, 0.1) is 0 Å². The van der Waals surface area contributed by atoms with Gasteiger partial charge in [0.25, 0.3) is 5.91 Å². The van der Waals surface area contributed by atoms with Crippen molar-refractivity contribution < 1.29 is 9.59 Å². The first kappa shape index (κ1) is 24.8. The van der Waals surface area contributed by atoms with Gasteiger partial charge in [0.15, 0.2) is 0 Å². The van der Waals surface area contributed by atoms with E-state index in [9.17, 15) is 9.59 Å². The van der Waals surface area contributed by atoms with Crippen LogP contribution in [-0.2, 0) is 11.2 Å². The number of H-pyrrole nitrogens is 1. The summed E-state index contributed by atoms with van der Waals surface area (Å²) in [5.74, 6) is -0.449. The molecule has 5 aromatic rings. The topological polar surface area (TPSA) is 120 Å².